The Hall–Kier alpha value is -3.21. The first-order valence-corrected chi connectivity index (χ1v) is 7.95. The molecule has 25 heavy (non-hydrogen) atoms. The molecule has 126 valence electrons. The molecule has 0 aliphatic carbocycles. The Morgan fingerprint density at radius 3 is 2.40 bits per heavy atom. The summed E-state index contributed by atoms with van der Waals surface area (Å²) in [5.41, 5.74) is 0.797. The van der Waals surface area contributed by atoms with E-state index in [1.807, 2.05) is 54.6 Å². The zero-order valence-corrected chi connectivity index (χ0v) is 13.8. The van der Waals surface area contributed by atoms with Crippen molar-refractivity contribution in [2.75, 3.05) is 6.61 Å². The van der Waals surface area contributed by atoms with Crippen molar-refractivity contribution < 1.29 is 14.5 Å². The molecule has 0 bridgehead atoms. The third-order valence-corrected chi connectivity index (χ3v) is 4.02. The van der Waals surface area contributed by atoms with Crippen molar-refractivity contribution in [2.45, 2.75) is 13.3 Å². The van der Waals surface area contributed by atoms with Crippen LogP contribution in [0.4, 0.5) is 0 Å². The molecule has 0 amide bonds. The number of hydrogen-bond acceptors (Lipinski definition) is 4. The van der Waals surface area contributed by atoms with E-state index in [1.54, 1.807) is 6.08 Å². The van der Waals surface area contributed by atoms with E-state index >= 15 is 0 Å². The van der Waals surface area contributed by atoms with E-state index in [1.165, 1.54) is 6.92 Å². The zero-order chi connectivity index (χ0) is 17.8. The summed E-state index contributed by atoms with van der Waals surface area (Å²) in [5, 5.41) is 15.5. The van der Waals surface area contributed by atoms with E-state index in [0.29, 0.717) is 0 Å². The van der Waals surface area contributed by atoms with Gasteiger partial charge in [-0.3, -0.25) is 14.9 Å². The monoisotopic (exact) mass is 335 g/mol. The lowest BCUT2D eigenvalue weighted by atomic mass is 9.96. The second-order valence-corrected chi connectivity index (χ2v) is 5.72. The third kappa shape index (κ3) is 3.66. The Labute approximate surface area is 144 Å². The van der Waals surface area contributed by atoms with Crippen LogP contribution in [0.2, 0.25) is 0 Å². The second-order valence-electron chi connectivity index (χ2n) is 5.72. The van der Waals surface area contributed by atoms with Crippen molar-refractivity contribution in [1.29, 1.82) is 0 Å². The standard InChI is InChI=1S/C20H17NO4/c1-14(22)25-11-10-17(21(23)24)13-16-12-15-6-2-3-7-18(15)20-9-5-4-8-19(16)20/h2-9,12-13H,10-11H2,1H3/b17-13+. The predicted octanol–water partition coefficient (Wildman–Crippen LogP) is 4.56. The lowest BCUT2D eigenvalue weighted by molar-refractivity contribution is -0.426. The number of carbonyl (C=O) groups is 1. The van der Waals surface area contributed by atoms with Gasteiger partial charge in [0.2, 0.25) is 5.70 Å². The van der Waals surface area contributed by atoms with Crippen LogP contribution in [-0.4, -0.2) is 17.5 Å². The van der Waals surface area contributed by atoms with Crippen molar-refractivity contribution in [2.24, 2.45) is 0 Å². The van der Waals surface area contributed by atoms with Crippen molar-refractivity contribution in [3.05, 3.63) is 76.0 Å². The predicted molar refractivity (Wildman–Crippen MR) is 97.7 cm³/mol. The molecule has 5 nitrogen and oxygen atoms in total. The van der Waals surface area contributed by atoms with Crippen LogP contribution in [0.3, 0.4) is 0 Å². The first kappa shape index (κ1) is 16.6. The van der Waals surface area contributed by atoms with Gasteiger partial charge in [-0.05, 0) is 33.2 Å². The lowest BCUT2D eigenvalue weighted by Crippen LogP contribution is -2.06. The number of nitrogens with zero attached hydrogens (tertiary/aromatic N) is 1. The van der Waals surface area contributed by atoms with Gasteiger partial charge in [-0.2, -0.15) is 0 Å². The molecule has 3 rings (SSSR count). The fraction of sp³-hybridized carbons (Fsp3) is 0.150. The molecule has 0 aliphatic rings. The molecule has 0 N–H and O–H groups in total. The van der Waals surface area contributed by atoms with E-state index < -0.39 is 10.9 Å². The normalized spacial score (nSPS) is 11.6. The van der Waals surface area contributed by atoms with Crippen LogP contribution in [0.15, 0.2) is 60.3 Å². The molecule has 0 heterocycles. The van der Waals surface area contributed by atoms with E-state index in [9.17, 15) is 14.9 Å². The quantitative estimate of drug-likeness (QED) is 0.296. The molecule has 0 saturated carbocycles. The number of ether oxygens (including phenoxy) is 1. The van der Waals surface area contributed by atoms with Crippen LogP contribution in [0, 0.1) is 10.1 Å². The topological polar surface area (TPSA) is 69.4 Å². The molecule has 3 aromatic rings. The summed E-state index contributed by atoms with van der Waals surface area (Å²) in [6.45, 7) is 1.28. The molecular formula is C20H17NO4. The maximum Gasteiger partial charge on any atom is 0.302 e. The fourth-order valence-electron chi connectivity index (χ4n) is 2.90. The van der Waals surface area contributed by atoms with Gasteiger partial charge in [0, 0.05) is 13.0 Å². The molecule has 0 unspecified atom stereocenters. The molecule has 0 spiro atoms. The summed E-state index contributed by atoms with van der Waals surface area (Å²) in [4.78, 5) is 21.8. The highest BCUT2D eigenvalue weighted by Crippen LogP contribution is 2.30. The Balaban J connectivity index is 2.11. The van der Waals surface area contributed by atoms with Crippen LogP contribution in [0.5, 0.6) is 0 Å². The number of nitro groups is 1. The summed E-state index contributed by atoms with van der Waals surface area (Å²) in [5.74, 6) is -0.446. The summed E-state index contributed by atoms with van der Waals surface area (Å²) < 4.78 is 4.83. The van der Waals surface area contributed by atoms with Gasteiger partial charge in [-0.15, -0.1) is 0 Å². The smallest absolute Gasteiger partial charge is 0.302 e. The summed E-state index contributed by atoms with van der Waals surface area (Å²) >= 11 is 0. The minimum Gasteiger partial charge on any atom is -0.465 e. The van der Waals surface area contributed by atoms with Gasteiger partial charge in [0.15, 0.2) is 0 Å². The third-order valence-electron chi connectivity index (χ3n) is 4.02. The Bertz CT molecular complexity index is 991. The molecule has 0 fully saturated rings. The molecule has 0 atom stereocenters. The van der Waals surface area contributed by atoms with Gasteiger partial charge in [-0.1, -0.05) is 48.5 Å². The fourth-order valence-corrected chi connectivity index (χ4v) is 2.90. The largest absolute Gasteiger partial charge is 0.465 e. The highest BCUT2D eigenvalue weighted by Gasteiger charge is 2.13. The van der Waals surface area contributed by atoms with E-state index in [0.717, 1.165) is 27.1 Å². The maximum absolute atomic E-state index is 11.4. The second kappa shape index (κ2) is 7.13. The van der Waals surface area contributed by atoms with Crippen molar-refractivity contribution in [3.63, 3.8) is 0 Å². The Morgan fingerprint density at radius 2 is 1.72 bits per heavy atom. The Morgan fingerprint density at radius 1 is 1.08 bits per heavy atom. The first-order valence-electron chi connectivity index (χ1n) is 7.95. The van der Waals surface area contributed by atoms with E-state index in [2.05, 4.69) is 0 Å². The number of benzene rings is 3. The van der Waals surface area contributed by atoms with Crippen LogP contribution >= 0.6 is 0 Å². The van der Waals surface area contributed by atoms with Crippen molar-refractivity contribution in [3.8, 4) is 0 Å². The average Bonchev–Trinajstić information content (AvgIpc) is 2.60. The summed E-state index contributed by atoms with van der Waals surface area (Å²) in [6, 6.07) is 17.7. The molecule has 0 aliphatic heterocycles. The average molecular weight is 335 g/mol. The summed E-state index contributed by atoms with van der Waals surface area (Å²) in [7, 11) is 0. The van der Waals surface area contributed by atoms with Crippen molar-refractivity contribution in [1.82, 2.24) is 0 Å². The molecule has 5 heteroatoms. The summed E-state index contributed by atoms with van der Waals surface area (Å²) in [6.07, 6.45) is 1.63. The molecule has 3 aromatic carbocycles. The molecule has 0 saturated heterocycles. The highest BCUT2D eigenvalue weighted by molar-refractivity contribution is 6.10. The number of rotatable bonds is 5. The van der Waals surface area contributed by atoms with E-state index in [4.69, 9.17) is 4.74 Å². The van der Waals surface area contributed by atoms with Crippen LogP contribution in [-0.2, 0) is 9.53 Å². The van der Waals surface area contributed by atoms with Gasteiger partial charge < -0.3 is 4.74 Å². The van der Waals surface area contributed by atoms with Gasteiger partial charge in [0.1, 0.15) is 6.61 Å². The van der Waals surface area contributed by atoms with Gasteiger partial charge >= 0.3 is 5.97 Å². The van der Waals surface area contributed by atoms with Crippen molar-refractivity contribution >= 4 is 33.6 Å². The molecule has 0 radical (unpaired) electrons. The molecular weight excluding hydrogens is 318 g/mol. The van der Waals surface area contributed by atoms with Crippen LogP contribution < -0.4 is 0 Å². The Kier molecular flexibility index (Phi) is 4.75. The number of hydrogen-bond donors (Lipinski definition) is 0. The van der Waals surface area contributed by atoms with Crippen LogP contribution in [0.25, 0.3) is 27.6 Å². The molecule has 0 aromatic heterocycles. The van der Waals surface area contributed by atoms with Crippen LogP contribution in [0.1, 0.15) is 18.9 Å². The SMILES string of the molecule is CC(=O)OCC/C(=C\c1cc2ccccc2c2ccccc12)[N+](=O)[O-]. The maximum atomic E-state index is 11.4. The number of fused-ring (bicyclic) bond motifs is 3. The zero-order valence-electron chi connectivity index (χ0n) is 13.8. The van der Waals surface area contributed by atoms with Gasteiger partial charge in [0.25, 0.3) is 0 Å². The van der Waals surface area contributed by atoms with Gasteiger partial charge in [-0.25, -0.2) is 0 Å². The number of esters is 1. The van der Waals surface area contributed by atoms with Gasteiger partial charge in [0.05, 0.1) is 11.3 Å². The minimum absolute atomic E-state index is 0.00629. The number of carbonyl (C=O) groups excluding carboxylic acids is 1. The first-order chi connectivity index (χ1) is 12.1. The lowest BCUT2D eigenvalue weighted by Gasteiger charge is -2.08. The minimum atomic E-state index is -0.446. The van der Waals surface area contributed by atoms with E-state index in [-0.39, 0.29) is 18.7 Å². The highest BCUT2D eigenvalue weighted by atomic mass is 16.6.